The highest BCUT2D eigenvalue weighted by atomic mass is 16.5. The zero-order valence-electron chi connectivity index (χ0n) is 17.8. The first-order chi connectivity index (χ1) is 15.6. The Morgan fingerprint density at radius 3 is 2.41 bits per heavy atom. The average Bonchev–Trinajstić information content (AvgIpc) is 3.31. The fourth-order valence-corrected chi connectivity index (χ4v) is 3.61. The van der Waals surface area contributed by atoms with E-state index in [0.717, 1.165) is 29.7 Å². The Kier molecular flexibility index (Phi) is 6.60. The van der Waals surface area contributed by atoms with E-state index in [-0.39, 0.29) is 5.91 Å². The first-order valence-corrected chi connectivity index (χ1v) is 10.5. The maximum atomic E-state index is 12.3. The summed E-state index contributed by atoms with van der Waals surface area (Å²) in [7, 11) is 1.33. The van der Waals surface area contributed by atoms with Gasteiger partial charge in [0, 0.05) is 5.56 Å². The van der Waals surface area contributed by atoms with Gasteiger partial charge in [-0.05, 0) is 77.9 Å². The number of nitrogens with one attached hydrogen (secondary N) is 1. The number of hydrogen-bond acceptors (Lipinski definition) is 5. The van der Waals surface area contributed by atoms with E-state index in [9.17, 15) is 9.59 Å². The first-order valence-electron chi connectivity index (χ1n) is 10.5. The van der Waals surface area contributed by atoms with Gasteiger partial charge in [-0.25, -0.2) is 10.2 Å². The Morgan fingerprint density at radius 1 is 0.938 bits per heavy atom. The zero-order valence-corrected chi connectivity index (χ0v) is 17.8. The second kappa shape index (κ2) is 9.92. The topological polar surface area (TPSA) is 77.0 Å². The summed E-state index contributed by atoms with van der Waals surface area (Å²) < 4.78 is 10.6. The molecule has 162 valence electrons. The van der Waals surface area contributed by atoms with Crippen molar-refractivity contribution in [3.8, 4) is 5.75 Å². The minimum Gasteiger partial charge on any atom is -0.489 e. The lowest BCUT2D eigenvalue weighted by atomic mass is 10.1. The normalized spacial score (nSPS) is 12.4. The van der Waals surface area contributed by atoms with Crippen LogP contribution in [0.1, 0.15) is 49.4 Å². The molecule has 3 aromatic carbocycles. The summed E-state index contributed by atoms with van der Waals surface area (Å²) in [6.45, 7) is 0.445. The number of rotatable bonds is 7. The SMILES string of the molecule is COC(=O)c1ccc(C=NNC(=O)c2ccc(COc3ccc4c(c3)CCC4)cc2)cc1. The van der Waals surface area contributed by atoms with E-state index in [4.69, 9.17) is 4.74 Å². The van der Waals surface area contributed by atoms with Gasteiger partial charge in [0.05, 0.1) is 18.9 Å². The van der Waals surface area contributed by atoms with Crippen molar-refractivity contribution in [3.05, 3.63) is 100 Å². The molecule has 0 spiro atoms. The number of ether oxygens (including phenoxy) is 2. The molecule has 3 aromatic rings. The van der Waals surface area contributed by atoms with Crippen LogP contribution in [0, 0.1) is 0 Å². The summed E-state index contributed by atoms with van der Waals surface area (Å²) in [5, 5.41) is 3.97. The van der Waals surface area contributed by atoms with Gasteiger partial charge in [0.15, 0.2) is 0 Å². The fraction of sp³-hybridized carbons (Fsp3) is 0.192. The molecule has 1 N–H and O–H groups in total. The Hall–Kier alpha value is -3.93. The van der Waals surface area contributed by atoms with Crippen LogP contribution in [0.2, 0.25) is 0 Å². The molecule has 4 rings (SSSR count). The smallest absolute Gasteiger partial charge is 0.337 e. The average molecular weight is 428 g/mol. The van der Waals surface area contributed by atoms with Crippen LogP contribution in [0.4, 0.5) is 0 Å². The molecule has 0 saturated carbocycles. The molecule has 32 heavy (non-hydrogen) atoms. The number of fused-ring (bicyclic) bond motifs is 1. The predicted molar refractivity (Wildman–Crippen MR) is 122 cm³/mol. The van der Waals surface area contributed by atoms with Crippen LogP contribution in [-0.2, 0) is 24.2 Å². The third-order valence-corrected chi connectivity index (χ3v) is 5.40. The maximum Gasteiger partial charge on any atom is 0.337 e. The van der Waals surface area contributed by atoms with Gasteiger partial charge < -0.3 is 9.47 Å². The molecule has 0 saturated heterocycles. The molecule has 6 nitrogen and oxygen atoms in total. The largest absolute Gasteiger partial charge is 0.489 e. The van der Waals surface area contributed by atoms with Gasteiger partial charge in [-0.15, -0.1) is 0 Å². The van der Waals surface area contributed by atoms with Gasteiger partial charge in [-0.3, -0.25) is 4.79 Å². The quantitative estimate of drug-likeness (QED) is 0.346. The van der Waals surface area contributed by atoms with Crippen LogP contribution in [0.5, 0.6) is 5.75 Å². The minimum absolute atomic E-state index is 0.307. The second-order valence-electron chi connectivity index (χ2n) is 7.58. The number of hydrazone groups is 1. The van der Waals surface area contributed by atoms with Crippen molar-refractivity contribution in [1.82, 2.24) is 5.43 Å². The molecule has 1 aliphatic rings. The highest BCUT2D eigenvalue weighted by molar-refractivity contribution is 5.95. The number of carbonyl (C=O) groups excluding carboxylic acids is 2. The van der Waals surface area contributed by atoms with E-state index in [1.54, 1.807) is 36.4 Å². The Bertz CT molecular complexity index is 1140. The predicted octanol–water partition coefficient (Wildman–Crippen LogP) is 4.30. The van der Waals surface area contributed by atoms with Gasteiger partial charge in [0.2, 0.25) is 0 Å². The Labute approximate surface area is 186 Å². The molecule has 0 bridgehead atoms. The standard InChI is InChI=1S/C26H24N2O4/c1-31-26(30)22-11-5-18(6-12-22)16-27-28-25(29)21-9-7-19(8-10-21)17-32-24-14-13-20-3-2-4-23(20)15-24/h5-16H,2-4,17H2,1H3,(H,28,29). The number of methoxy groups -OCH3 is 1. The first kappa shape index (κ1) is 21.3. The molecule has 0 fully saturated rings. The van der Waals surface area contributed by atoms with Crippen LogP contribution in [0.3, 0.4) is 0 Å². The Morgan fingerprint density at radius 2 is 1.66 bits per heavy atom. The molecule has 0 atom stereocenters. The molecule has 0 aromatic heterocycles. The van der Waals surface area contributed by atoms with Crippen LogP contribution < -0.4 is 10.2 Å². The van der Waals surface area contributed by atoms with Crippen molar-refractivity contribution in [2.75, 3.05) is 7.11 Å². The molecule has 1 aliphatic carbocycles. The van der Waals surface area contributed by atoms with Gasteiger partial charge in [-0.2, -0.15) is 5.10 Å². The second-order valence-corrected chi connectivity index (χ2v) is 7.58. The fourth-order valence-electron chi connectivity index (χ4n) is 3.61. The molecular formula is C26H24N2O4. The number of carbonyl (C=O) groups is 2. The number of aryl methyl sites for hydroxylation is 2. The van der Waals surface area contributed by atoms with Crippen LogP contribution in [0.15, 0.2) is 71.8 Å². The molecule has 0 radical (unpaired) electrons. The van der Waals surface area contributed by atoms with Crippen LogP contribution in [0.25, 0.3) is 0 Å². The summed E-state index contributed by atoms with van der Waals surface area (Å²) in [4.78, 5) is 23.7. The zero-order chi connectivity index (χ0) is 22.3. The number of esters is 1. The monoisotopic (exact) mass is 428 g/mol. The van der Waals surface area contributed by atoms with Crippen molar-refractivity contribution in [3.63, 3.8) is 0 Å². The summed E-state index contributed by atoms with van der Waals surface area (Å²) in [5.74, 6) is 0.169. The van der Waals surface area contributed by atoms with Crippen LogP contribution >= 0.6 is 0 Å². The maximum absolute atomic E-state index is 12.3. The molecule has 0 heterocycles. The third-order valence-electron chi connectivity index (χ3n) is 5.40. The van der Waals surface area contributed by atoms with Crippen molar-refractivity contribution in [2.24, 2.45) is 5.10 Å². The lowest BCUT2D eigenvalue weighted by Crippen LogP contribution is -2.17. The van der Waals surface area contributed by atoms with E-state index in [0.29, 0.717) is 17.7 Å². The van der Waals surface area contributed by atoms with Crippen molar-refractivity contribution < 1.29 is 19.1 Å². The van der Waals surface area contributed by atoms with E-state index in [1.165, 1.54) is 30.9 Å². The summed E-state index contributed by atoms with van der Waals surface area (Å²) >= 11 is 0. The lowest BCUT2D eigenvalue weighted by molar-refractivity contribution is 0.0600. The molecular weight excluding hydrogens is 404 g/mol. The molecule has 6 heteroatoms. The lowest BCUT2D eigenvalue weighted by Gasteiger charge is -2.09. The van der Waals surface area contributed by atoms with Crippen molar-refractivity contribution >= 4 is 18.1 Å². The summed E-state index contributed by atoms with van der Waals surface area (Å²) in [5.41, 5.74) is 8.00. The van der Waals surface area contributed by atoms with Gasteiger partial charge in [-0.1, -0.05) is 30.3 Å². The number of benzene rings is 3. The van der Waals surface area contributed by atoms with Gasteiger partial charge in [0.1, 0.15) is 12.4 Å². The number of nitrogens with zero attached hydrogens (tertiary/aromatic N) is 1. The minimum atomic E-state index is -0.400. The number of hydrogen-bond donors (Lipinski definition) is 1. The summed E-state index contributed by atoms with van der Waals surface area (Å²) in [6.07, 6.45) is 5.01. The highest BCUT2D eigenvalue weighted by Crippen LogP contribution is 2.26. The van der Waals surface area contributed by atoms with Crippen LogP contribution in [-0.4, -0.2) is 25.2 Å². The highest BCUT2D eigenvalue weighted by Gasteiger charge is 2.11. The Balaban J connectivity index is 1.28. The summed E-state index contributed by atoms with van der Waals surface area (Å²) in [6, 6.07) is 20.3. The van der Waals surface area contributed by atoms with E-state index in [1.807, 2.05) is 18.2 Å². The molecule has 1 amide bonds. The van der Waals surface area contributed by atoms with Crippen molar-refractivity contribution in [2.45, 2.75) is 25.9 Å². The van der Waals surface area contributed by atoms with E-state index in [2.05, 4.69) is 27.4 Å². The molecule has 0 aliphatic heterocycles. The third kappa shape index (κ3) is 5.21. The van der Waals surface area contributed by atoms with Gasteiger partial charge >= 0.3 is 5.97 Å². The van der Waals surface area contributed by atoms with Gasteiger partial charge in [0.25, 0.3) is 5.91 Å². The van der Waals surface area contributed by atoms with Crippen molar-refractivity contribution in [1.29, 1.82) is 0 Å². The molecule has 0 unspecified atom stereocenters. The van der Waals surface area contributed by atoms with E-state index < -0.39 is 5.97 Å². The number of amides is 1. The van der Waals surface area contributed by atoms with E-state index >= 15 is 0 Å².